The van der Waals surface area contributed by atoms with E-state index < -0.39 is 0 Å². The van der Waals surface area contributed by atoms with Crippen LogP contribution in [0.25, 0.3) is 0 Å². The molecule has 1 aliphatic heterocycles. The molecule has 0 spiro atoms. The quantitative estimate of drug-likeness (QED) is 0.850. The standard InChI is InChI=1S/C17H26Cl2N2/c1-4-14-9-20-13(8-12(2)3)10-21(14)11-15-16(18)6-5-7-17(15)19/h5-7,12-14,20H,4,8-11H2,1-3H3. The number of hydrogen-bond acceptors (Lipinski definition) is 2. The molecule has 2 atom stereocenters. The number of nitrogens with one attached hydrogen (secondary N) is 1. The second-order valence-electron chi connectivity index (χ2n) is 6.43. The SMILES string of the molecule is CCC1CNC(CC(C)C)CN1Cc1c(Cl)cccc1Cl. The molecule has 2 unspecified atom stereocenters. The molecule has 1 N–H and O–H groups in total. The molecule has 4 heteroatoms. The van der Waals surface area contributed by atoms with Gasteiger partial charge < -0.3 is 5.32 Å². The van der Waals surface area contributed by atoms with Crippen LogP contribution in [0.2, 0.25) is 10.0 Å². The molecule has 0 bridgehead atoms. The van der Waals surface area contributed by atoms with E-state index in [0.29, 0.717) is 18.0 Å². The zero-order valence-electron chi connectivity index (χ0n) is 13.2. The first-order chi connectivity index (χ1) is 10.0. The Morgan fingerprint density at radius 3 is 2.52 bits per heavy atom. The van der Waals surface area contributed by atoms with Crippen LogP contribution >= 0.6 is 23.2 Å². The first-order valence-electron chi connectivity index (χ1n) is 7.91. The Kier molecular flexibility index (Phi) is 6.36. The fraction of sp³-hybridized carbons (Fsp3) is 0.647. The number of benzene rings is 1. The van der Waals surface area contributed by atoms with Gasteiger partial charge >= 0.3 is 0 Å². The molecule has 1 aliphatic rings. The van der Waals surface area contributed by atoms with Crippen molar-refractivity contribution in [3.8, 4) is 0 Å². The maximum atomic E-state index is 6.33. The highest BCUT2D eigenvalue weighted by Gasteiger charge is 2.27. The minimum absolute atomic E-state index is 0.556. The van der Waals surface area contributed by atoms with Crippen molar-refractivity contribution < 1.29 is 0 Å². The van der Waals surface area contributed by atoms with E-state index in [9.17, 15) is 0 Å². The van der Waals surface area contributed by atoms with Crippen molar-refractivity contribution in [3.63, 3.8) is 0 Å². The monoisotopic (exact) mass is 328 g/mol. The van der Waals surface area contributed by atoms with Crippen LogP contribution < -0.4 is 5.32 Å². The fourth-order valence-electron chi connectivity index (χ4n) is 3.14. The molecule has 0 aromatic heterocycles. The molecule has 1 heterocycles. The van der Waals surface area contributed by atoms with Crippen LogP contribution in [0.4, 0.5) is 0 Å². The van der Waals surface area contributed by atoms with Gasteiger partial charge in [0.2, 0.25) is 0 Å². The highest BCUT2D eigenvalue weighted by atomic mass is 35.5. The third-order valence-corrected chi connectivity index (χ3v) is 4.97. The Labute approximate surface area is 138 Å². The summed E-state index contributed by atoms with van der Waals surface area (Å²) in [6, 6.07) is 6.88. The minimum Gasteiger partial charge on any atom is -0.311 e. The van der Waals surface area contributed by atoms with Crippen molar-refractivity contribution in [2.24, 2.45) is 5.92 Å². The highest BCUT2D eigenvalue weighted by Crippen LogP contribution is 2.27. The van der Waals surface area contributed by atoms with Gasteiger partial charge in [0.25, 0.3) is 0 Å². The molecule has 1 aromatic rings. The molecular weight excluding hydrogens is 303 g/mol. The normalized spacial score (nSPS) is 23.7. The van der Waals surface area contributed by atoms with Crippen LogP contribution in [-0.4, -0.2) is 30.1 Å². The van der Waals surface area contributed by atoms with E-state index in [-0.39, 0.29) is 0 Å². The molecule has 1 aromatic carbocycles. The van der Waals surface area contributed by atoms with Gasteiger partial charge in [0, 0.05) is 47.3 Å². The van der Waals surface area contributed by atoms with Crippen LogP contribution in [0.15, 0.2) is 18.2 Å². The lowest BCUT2D eigenvalue weighted by atomic mass is 9.98. The summed E-state index contributed by atoms with van der Waals surface area (Å²) in [6.07, 6.45) is 2.35. The lowest BCUT2D eigenvalue weighted by Crippen LogP contribution is -2.56. The summed E-state index contributed by atoms with van der Waals surface area (Å²) in [5.74, 6) is 0.714. The van der Waals surface area contributed by atoms with E-state index in [0.717, 1.165) is 41.7 Å². The molecule has 0 amide bonds. The van der Waals surface area contributed by atoms with Gasteiger partial charge in [-0.15, -0.1) is 0 Å². The van der Waals surface area contributed by atoms with Crippen LogP contribution in [0.1, 0.15) is 39.2 Å². The maximum absolute atomic E-state index is 6.33. The Hall–Kier alpha value is -0.280. The van der Waals surface area contributed by atoms with Gasteiger partial charge in [-0.05, 0) is 30.9 Å². The summed E-state index contributed by atoms with van der Waals surface area (Å²) < 4.78 is 0. The predicted molar refractivity (Wildman–Crippen MR) is 92.2 cm³/mol. The summed E-state index contributed by atoms with van der Waals surface area (Å²) in [4.78, 5) is 2.54. The summed E-state index contributed by atoms with van der Waals surface area (Å²) in [7, 11) is 0. The molecule has 0 saturated carbocycles. The first-order valence-corrected chi connectivity index (χ1v) is 8.67. The topological polar surface area (TPSA) is 15.3 Å². The van der Waals surface area contributed by atoms with Crippen LogP contribution in [-0.2, 0) is 6.54 Å². The second kappa shape index (κ2) is 7.82. The van der Waals surface area contributed by atoms with Crippen LogP contribution in [0.3, 0.4) is 0 Å². The molecule has 21 heavy (non-hydrogen) atoms. The van der Waals surface area contributed by atoms with Crippen molar-refractivity contribution in [1.29, 1.82) is 0 Å². The van der Waals surface area contributed by atoms with Gasteiger partial charge in [0.15, 0.2) is 0 Å². The van der Waals surface area contributed by atoms with Gasteiger partial charge in [-0.2, -0.15) is 0 Å². The van der Waals surface area contributed by atoms with Crippen molar-refractivity contribution >= 4 is 23.2 Å². The van der Waals surface area contributed by atoms with E-state index in [2.05, 4.69) is 31.0 Å². The summed E-state index contributed by atoms with van der Waals surface area (Å²) in [6.45, 7) is 9.77. The molecular formula is C17H26Cl2N2. The molecule has 118 valence electrons. The zero-order chi connectivity index (χ0) is 15.4. The average Bonchev–Trinajstić information content (AvgIpc) is 2.43. The number of hydrogen-bond donors (Lipinski definition) is 1. The molecule has 2 rings (SSSR count). The van der Waals surface area contributed by atoms with E-state index in [1.165, 1.54) is 6.42 Å². The van der Waals surface area contributed by atoms with Gasteiger partial charge in [0.05, 0.1) is 0 Å². The van der Waals surface area contributed by atoms with E-state index in [1.54, 1.807) is 0 Å². The number of nitrogens with zero attached hydrogens (tertiary/aromatic N) is 1. The number of rotatable bonds is 5. The highest BCUT2D eigenvalue weighted by molar-refractivity contribution is 6.35. The Bertz CT molecular complexity index is 442. The second-order valence-corrected chi connectivity index (χ2v) is 7.24. The van der Waals surface area contributed by atoms with Crippen molar-refractivity contribution in [2.45, 2.75) is 52.2 Å². The van der Waals surface area contributed by atoms with Gasteiger partial charge in [-0.1, -0.05) is 50.0 Å². The predicted octanol–water partition coefficient (Wildman–Crippen LogP) is 4.59. The number of piperazine rings is 1. The Morgan fingerprint density at radius 1 is 1.29 bits per heavy atom. The van der Waals surface area contributed by atoms with Crippen molar-refractivity contribution in [2.75, 3.05) is 13.1 Å². The summed E-state index contributed by atoms with van der Waals surface area (Å²) >= 11 is 12.7. The minimum atomic E-state index is 0.556. The zero-order valence-corrected chi connectivity index (χ0v) is 14.7. The average molecular weight is 329 g/mol. The number of halogens is 2. The molecule has 2 nitrogen and oxygen atoms in total. The van der Waals surface area contributed by atoms with Crippen molar-refractivity contribution in [1.82, 2.24) is 10.2 Å². The van der Waals surface area contributed by atoms with Crippen molar-refractivity contribution in [3.05, 3.63) is 33.8 Å². The molecule has 0 aliphatic carbocycles. The Balaban J connectivity index is 2.10. The largest absolute Gasteiger partial charge is 0.311 e. The fourth-order valence-corrected chi connectivity index (χ4v) is 3.66. The Morgan fingerprint density at radius 2 is 1.95 bits per heavy atom. The lowest BCUT2D eigenvalue weighted by molar-refractivity contribution is 0.111. The van der Waals surface area contributed by atoms with Crippen LogP contribution in [0, 0.1) is 5.92 Å². The molecule has 1 saturated heterocycles. The molecule has 1 fully saturated rings. The van der Waals surface area contributed by atoms with Gasteiger partial charge in [-0.25, -0.2) is 0 Å². The van der Waals surface area contributed by atoms with Crippen LogP contribution in [0.5, 0.6) is 0 Å². The maximum Gasteiger partial charge on any atom is 0.0465 e. The molecule has 0 radical (unpaired) electrons. The first kappa shape index (κ1) is 17.1. The van der Waals surface area contributed by atoms with Gasteiger partial charge in [-0.3, -0.25) is 4.90 Å². The van der Waals surface area contributed by atoms with Gasteiger partial charge in [0.1, 0.15) is 0 Å². The third kappa shape index (κ3) is 4.59. The summed E-state index contributed by atoms with van der Waals surface area (Å²) in [5.41, 5.74) is 1.06. The van der Waals surface area contributed by atoms with E-state index in [4.69, 9.17) is 23.2 Å². The smallest absolute Gasteiger partial charge is 0.0465 e. The third-order valence-electron chi connectivity index (χ3n) is 4.26. The summed E-state index contributed by atoms with van der Waals surface area (Å²) in [5, 5.41) is 5.24. The van der Waals surface area contributed by atoms with E-state index in [1.807, 2.05) is 18.2 Å². The lowest BCUT2D eigenvalue weighted by Gasteiger charge is -2.41. The van der Waals surface area contributed by atoms with E-state index >= 15 is 0 Å².